The standard InChI is InChI=1S/C17H18BrClN2O6S/c1-16-6-5-11(13(18)14(16)22)17(16,2)8-28(25,26)21-15(27-21)10-7-9(20(23)24)3-4-12(10)19/h3-4,7,11,13,15H,5-6,8H2,1-2H3. The number of nitro benzene ring substituents is 1. The molecule has 1 aliphatic heterocycles. The van der Waals surface area contributed by atoms with E-state index in [0.29, 0.717) is 6.42 Å². The molecule has 1 heterocycles. The maximum atomic E-state index is 13.0. The second-order valence-corrected chi connectivity index (χ2v) is 11.3. The summed E-state index contributed by atoms with van der Waals surface area (Å²) in [5.41, 5.74) is -1.42. The van der Waals surface area contributed by atoms with E-state index in [0.717, 1.165) is 10.9 Å². The Morgan fingerprint density at radius 1 is 1.43 bits per heavy atom. The average molecular weight is 494 g/mol. The van der Waals surface area contributed by atoms with Crippen LogP contribution in [-0.4, -0.2) is 34.2 Å². The van der Waals surface area contributed by atoms with E-state index in [9.17, 15) is 23.3 Å². The number of hydroxylamine groups is 1. The summed E-state index contributed by atoms with van der Waals surface area (Å²) >= 11 is 9.53. The number of benzene rings is 1. The third kappa shape index (κ3) is 2.68. The zero-order valence-corrected chi connectivity index (χ0v) is 18.3. The normalized spacial score (nSPS) is 39.4. The van der Waals surface area contributed by atoms with Crippen molar-refractivity contribution in [2.75, 3.05) is 5.75 Å². The fourth-order valence-electron chi connectivity index (χ4n) is 4.81. The Labute approximate surface area is 175 Å². The Bertz CT molecular complexity index is 1000. The topological polar surface area (TPSA) is 110 Å². The van der Waals surface area contributed by atoms with Gasteiger partial charge in [-0.05, 0) is 34.7 Å². The molecule has 2 saturated carbocycles. The fourth-order valence-corrected chi connectivity index (χ4v) is 8.41. The number of fused-ring (bicyclic) bond motifs is 2. The number of nitro groups is 1. The SMILES string of the molecule is CC12CCC(C(Br)C1=O)C2(C)CS(=O)(=O)N1OC1c1cc([N+](=O)[O-])ccc1Cl. The van der Waals surface area contributed by atoms with E-state index in [4.69, 9.17) is 16.4 Å². The van der Waals surface area contributed by atoms with Crippen LogP contribution in [0.3, 0.4) is 0 Å². The smallest absolute Gasteiger partial charge is 0.269 e. The van der Waals surface area contributed by atoms with E-state index in [1.54, 1.807) is 0 Å². The van der Waals surface area contributed by atoms with E-state index in [2.05, 4.69) is 15.9 Å². The second kappa shape index (κ2) is 6.21. The monoisotopic (exact) mass is 492 g/mol. The molecule has 2 bridgehead atoms. The number of sulfonamides is 1. The van der Waals surface area contributed by atoms with Crippen molar-refractivity contribution in [1.82, 2.24) is 4.47 Å². The van der Waals surface area contributed by atoms with E-state index in [-0.39, 0.29) is 38.6 Å². The summed E-state index contributed by atoms with van der Waals surface area (Å²) in [5, 5.41) is 11.2. The van der Waals surface area contributed by atoms with Gasteiger partial charge >= 0.3 is 0 Å². The maximum absolute atomic E-state index is 13.0. The predicted octanol–water partition coefficient (Wildman–Crippen LogP) is 3.59. The molecule has 6 atom stereocenters. The molecule has 0 radical (unpaired) electrons. The molecule has 11 heteroatoms. The van der Waals surface area contributed by atoms with Gasteiger partial charge in [-0.2, -0.15) is 0 Å². The number of halogens is 2. The summed E-state index contributed by atoms with van der Waals surface area (Å²) in [5.74, 6) is -0.260. The third-order valence-electron chi connectivity index (χ3n) is 6.74. The van der Waals surface area contributed by atoms with Gasteiger partial charge in [0.15, 0.2) is 12.0 Å². The molecular weight excluding hydrogens is 476 g/mol. The van der Waals surface area contributed by atoms with Gasteiger partial charge in [0.25, 0.3) is 5.69 Å². The first-order valence-electron chi connectivity index (χ1n) is 8.73. The van der Waals surface area contributed by atoms with Crippen LogP contribution in [0.4, 0.5) is 5.69 Å². The molecule has 152 valence electrons. The van der Waals surface area contributed by atoms with Crippen LogP contribution < -0.4 is 0 Å². The van der Waals surface area contributed by atoms with E-state index < -0.39 is 32.0 Å². The molecule has 28 heavy (non-hydrogen) atoms. The van der Waals surface area contributed by atoms with Crippen molar-refractivity contribution in [2.24, 2.45) is 16.7 Å². The van der Waals surface area contributed by atoms with Gasteiger partial charge in [-0.3, -0.25) is 19.7 Å². The zero-order valence-electron chi connectivity index (χ0n) is 15.1. The van der Waals surface area contributed by atoms with Gasteiger partial charge in [0.2, 0.25) is 10.0 Å². The van der Waals surface area contributed by atoms with Crippen molar-refractivity contribution < 1.29 is 23.0 Å². The predicted molar refractivity (Wildman–Crippen MR) is 104 cm³/mol. The average Bonchev–Trinajstić information content (AvgIpc) is 3.34. The highest BCUT2D eigenvalue weighted by Gasteiger charge is 2.69. The van der Waals surface area contributed by atoms with Crippen LogP contribution in [0.25, 0.3) is 0 Å². The molecular formula is C17H18BrClN2O6S. The van der Waals surface area contributed by atoms with Crippen LogP contribution in [-0.2, 0) is 19.7 Å². The van der Waals surface area contributed by atoms with Crippen molar-refractivity contribution in [3.63, 3.8) is 0 Å². The number of non-ortho nitro benzene ring substituents is 1. The molecule has 6 unspecified atom stereocenters. The Balaban J connectivity index is 1.60. The van der Waals surface area contributed by atoms with Gasteiger partial charge < -0.3 is 0 Å². The lowest BCUT2D eigenvalue weighted by atomic mass is 9.70. The number of alkyl halides is 1. The van der Waals surface area contributed by atoms with Gasteiger partial charge in [0, 0.05) is 28.1 Å². The maximum Gasteiger partial charge on any atom is 0.269 e. The molecule has 3 fully saturated rings. The Morgan fingerprint density at radius 3 is 2.68 bits per heavy atom. The number of hydrogen-bond donors (Lipinski definition) is 0. The number of carbonyl (C=O) groups is 1. The third-order valence-corrected chi connectivity index (χ3v) is 9.93. The molecule has 4 rings (SSSR count). The second-order valence-electron chi connectivity index (χ2n) is 8.09. The van der Waals surface area contributed by atoms with Crippen LogP contribution in [0, 0.1) is 26.9 Å². The summed E-state index contributed by atoms with van der Waals surface area (Å²) < 4.78 is 26.9. The van der Waals surface area contributed by atoms with Gasteiger partial charge in [0.1, 0.15) is 0 Å². The minimum Gasteiger partial charge on any atom is -0.298 e. The van der Waals surface area contributed by atoms with Gasteiger partial charge in [0.05, 0.1) is 15.5 Å². The first kappa shape index (κ1) is 20.2. The number of carbonyl (C=O) groups excluding carboxylic acids is 1. The highest BCUT2D eigenvalue weighted by Crippen LogP contribution is 2.66. The Morgan fingerprint density at radius 2 is 2.11 bits per heavy atom. The first-order valence-corrected chi connectivity index (χ1v) is 11.6. The lowest BCUT2D eigenvalue weighted by molar-refractivity contribution is -0.384. The van der Waals surface area contributed by atoms with Gasteiger partial charge in [-0.25, -0.2) is 8.42 Å². The van der Waals surface area contributed by atoms with Crippen molar-refractivity contribution in [2.45, 2.75) is 37.7 Å². The molecule has 8 nitrogen and oxygen atoms in total. The molecule has 0 amide bonds. The van der Waals surface area contributed by atoms with Crippen LogP contribution in [0.2, 0.25) is 5.02 Å². The molecule has 1 aromatic rings. The number of nitrogens with zero attached hydrogens (tertiary/aromatic N) is 2. The highest BCUT2D eigenvalue weighted by molar-refractivity contribution is 9.10. The van der Waals surface area contributed by atoms with Crippen molar-refractivity contribution >= 4 is 49.0 Å². The number of Topliss-reactive ketones (excluding diaryl/α,β-unsaturated/α-hetero) is 1. The number of rotatable bonds is 5. The minimum atomic E-state index is -3.88. The summed E-state index contributed by atoms with van der Waals surface area (Å²) in [4.78, 5) is 28.0. The number of ketones is 1. The van der Waals surface area contributed by atoms with E-state index in [1.807, 2.05) is 13.8 Å². The van der Waals surface area contributed by atoms with Crippen LogP contribution in [0.1, 0.15) is 38.5 Å². The summed E-state index contributed by atoms with van der Waals surface area (Å²) in [6.45, 7) is 3.68. The first-order chi connectivity index (χ1) is 12.9. The Hall–Kier alpha value is -1.07. The molecule has 1 aromatic carbocycles. The summed E-state index contributed by atoms with van der Waals surface area (Å²) in [7, 11) is -3.88. The lowest BCUT2D eigenvalue weighted by Crippen LogP contribution is -2.41. The lowest BCUT2D eigenvalue weighted by Gasteiger charge is -2.35. The van der Waals surface area contributed by atoms with Crippen molar-refractivity contribution in [3.05, 3.63) is 38.9 Å². The van der Waals surface area contributed by atoms with E-state index >= 15 is 0 Å². The van der Waals surface area contributed by atoms with Crippen molar-refractivity contribution in [1.29, 1.82) is 0 Å². The van der Waals surface area contributed by atoms with E-state index in [1.165, 1.54) is 18.2 Å². The quantitative estimate of drug-likeness (QED) is 0.268. The molecule has 0 spiro atoms. The highest BCUT2D eigenvalue weighted by atomic mass is 79.9. The summed E-state index contributed by atoms with van der Waals surface area (Å²) in [6, 6.07) is 3.80. The molecule has 1 saturated heterocycles. The molecule has 0 aromatic heterocycles. The van der Waals surface area contributed by atoms with Crippen LogP contribution >= 0.6 is 27.5 Å². The zero-order chi connectivity index (χ0) is 20.6. The summed E-state index contributed by atoms with van der Waals surface area (Å²) in [6.07, 6.45) is 0.444. The Kier molecular flexibility index (Phi) is 4.49. The van der Waals surface area contributed by atoms with Crippen LogP contribution in [0.5, 0.6) is 0 Å². The number of hydrogen-bond acceptors (Lipinski definition) is 6. The molecule has 0 N–H and O–H groups in total. The van der Waals surface area contributed by atoms with Gasteiger partial charge in [-0.1, -0.05) is 41.4 Å². The largest absolute Gasteiger partial charge is 0.298 e. The van der Waals surface area contributed by atoms with Crippen molar-refractivity contribution in [3.8, 4) is 0 Å². The van der Waals surface area contributed by atoms with Crippen LogP contribution in [0.15, 0.2) is 18.2 Å². The molecule has 2 aliphatic carbocycles. The van der Waals surface area contributed by atoms with Gasteiger partial charge in [-0.15, -0.1) is 0 Å². The molecule has 3 aliphatic rings. The minimum absolute atomic E-state index is 0.0476. The fraction of sp³-hybridized carbons (Fsp3) is 0.588.